The normalized spacial score (nSPS) is 10.3. The third kappa shape index (κ3) is 3.04. The van der Waals surface area contributed by atoms with Crippen LogP contribution in [0, 0.1) is 5.82 Å². The second-order valence-electron chi connectivity index (χ2n) is 4.28. The average Bonchev–Trinajstić information content (AvgIpc) is 2.41. The van der Waals surface area contributed by atoms with E-state index in [1.54, 1.807) is 12.1 Å². The van der Waals surface area contributed by atoms with Crippen molar-refractivity contribution >= 4 is 5.78 Å². The number of hydrogen-bond donors (Lipinski definition) is 0. The van der Waals surface area contributed by atoms with E-state index in [4.69, 9.17) is 0 Å². The summed E-state index contributed by atoms with van der Waals surface area (Å²) in [6.45, 7) is 2.06. The SMILES string of the molecule is CCc1cccc(C(=O)Cc2ccc(F)cc2)c1. The zero-order chi connectivity index (χ0) is 13.0. The lowest BCUT2D eigenvalue weighted by molar-refractivity contribution is 0.0993. The Morgan fingerprint density at radius 2 is 1.78 bits per heavy atom. The summed E-state index contributed by atoms with van der Waals surface area (Å²) < 4.78 is 12.8. The van der Waals surface area contributed by atoms with Crippen LogP contribution in [-0.2, 0) is 12.8 Å². The van der Waals surface area contributed by atoms with Crippen LogP contribution in [0.15, 0.2) is 48.5 Å². The van der Waals surface area contributed by atoms with Gasteiger partial charge in [0.25, 0.3) is 0 Å². The van der Waals surface area contributed by atoms with Gasteiger partial charge in [-0.25, -0.2) is 4.39 Å². The van der Waals surface area contributed by atoms with Gasteiger partial charge >= 0.3 is 0 Å². The Bertz CT molecular complexity index is 543. The third-order valence-electron chi connectivity index (χ3n) is 2.94. The molecule has 0 radical (unpaired) electrons. The van der Waals surface area contributed by atoms with Crippen LogP contribution in [0.25, 0.3) is 0 Å². The van der Waals surface area contributed by atoms with Gasteiger partial charge in [-0.1, -0.05) is 37.3 Å². The van der Waals surface area contributed by atoms with E-state index in [9.17, 15) is 9.18 Å². The molecule has 0 heterocycles. The maximum atomic E-state index is 12.8. The Hall–Kier alpha value is -1.96. The zero-order valence-electron chi connectivity index (χ0n) is 10.3. The monoisotopic (exact) mass is 242 g/mol. The maximum absolute atomic E-state index is 12.8. The van der Waals surface area contributed by atoms with E-state index in [-0.39, 0.29) is 11.6 Å². The second-order valence-corrected chi connectivity index (χ2v) is 4.28. The molecule has 1 nitrogen and oxygen atoms in total. The highest BCUT2D eigenvalue weighted by Crippen LogP contribution is 2.11. The molecule has 0 atom stereocenters. The first kappa shape index (κ1) is 12.5. The number of halogens is 1. The molecular formula is C16H15FO. The maximum Gasteiger partial charge on any atom is 0.167 e. The van der Waals surface area contributed by atoms with E-state index in [0.29, 0.717) is 6.42 Å². The number of rotatable bonds is 4. The summed E-state index contributed by atoms with van der Waals surface area (Å²) in [4.78, 5) is 12.1. The lowest BCUT2D eigenvalue weighted by Crippen LogP contribution is -2.04. The number of benzene rings is 2. The van der Waals surface area contributed by atoms with Gasteiger partial charge in [-0.3, -0.25) is 4.79 Å². The minimum absolute atomic E-state index is 0.0666. The van der Waals surface area contributed by atoms with Gasteiger partial charge in [0, 0.05) is 12.0 Å². The van der Waals surface area contributed by atoms with Gasteiger partial charge < -0.3 is 0 Å². The predicted molar refractivity (Wildman–Crippen MR) is 70.3 cm³/mol. The van der Waals surface area contributed by atoms with Crippen LogP contribution in [-0.4, -0.2) is 5.78 Å². The Balaban J connectivity index is 2.14. The summed E-state index contributed by atoms with van der Waals surface area (Å²) in [5, 5.41) is 0. The largest absolute Gasteiger partial charge is 0.294 e. The number of ketones is 1. The van der Waals surface area contributed by atoms with Gasteiger partial charge in [0.15, 0.2) is 5.78 Å². The molecule has 0 fully saturated rings. The quantitative estimate of drug-likeness (QED) is 0.745. The molecule has 0 amide bonds. The summed E-state index contributed by atoms with van der Waals surface area (Å²) in [5.74, 6) is -0.212. The van der Waals surface area contributed by atoms with Crippen LogP contribution < -0.4 is 0 Å². The molecule has 2 rings (SSSR count). The summed E-state index contributed by atoms with van der Waals surface area (Å²) in [5.41, 5.74) is 2.71. The first-order valence-corrected chi connectivity index (χ1v) is 6.05. The first-order valence-electron chi connectivity index (χ1n) is 6.05. The summed E-state index contributed by atoms with van der Waals surface area (Å²) >= 11 is 0. The molecule has 0 unspecified atom stereocenters. The molecule has 0 saturated heterocycles. The molecule has 92 valence electrons. The van der Waals surface area contributed by atoms with Crippen molar-refractivity contribution in [2.45, 2.75) is 19.8 Å². The fraction of sp³-hybridized carbons (Fsp3) is 0.188. The fourth-order valence-corrected chi connectivity index (χ4v) is 1.85. The highest BCUT2D eigenvalue weighted by Gasteiger charge is 2.07. The van der Waals surface area contributed by atoms with E-state index in [2.05, 4.69) is 6.92 Å². The van der Waals surface area contributed by atoms with Crippen LogP contribution in [0.5, 0.6) is 0 Å². The van der Waals surface area contributed by atoms with Crippen molar-refractivity contribution in [3.63, 3.8) is 0 Å². The number of aryl methyl sites for hydroxylation is 1. The van der Waals surface area contributed by atoms with Gasteiger partial charge in [0.1, 0.15) is 5.82 Å². The van der Waals surface area contributed by atoms with Crippen LogP contribution in [0.2, 0.25) is 0 Å². The Morgan fingerprint density at radius 3 is 2.44 bits per heavy atom. The Kier molecular flexibility index (Phi) is 3.88. The van der Waals surface area contributed by atoms with Crippen LogP contribution in [0.3, 0.4) is 0 Å². The molecule has 0 aliphatic rings. The van der Waals surface area contributed by atoms with E-state index >= 15 is 0 Å². The Morgan fingerprint density at radius 1 is 1.06 bits per heavy atom. The number of carbonyl (C=O) groups is 1. The molecule has 0 aliphatic heterocycles. The number of carbonyl (C=O) groups excluding carboxylic acids is 1. The van der Waals surface area contributed by atoms with Gasteiger partial charge in [-0.2, -0.15) is 0 Å². The van der Waals surface area contributed by atoms with E-state index in [1.807, 2.05) is 24.3 Å². The van der Waals surface area contributed by atoms with Crippen LogP contribution in [0.1, 0.15) is 28.4 Å². The van der Waals surface area contributed by atoms with Crippen molar-refractivity contribution in [3.05, 3.63) is 71.0 Å². The molecule has 2 aromatic carbocycles. The zero-order valence-corrected chi connectivity index (χ0v) is 10.3. The standard InChI is InChI=1S/C16H15FO/c1-2-12-4-3-5-14(10-12)16(18)11-13-6-8-15(17)9-7-13/h3-10H,2,11H2,1H3. The minimum Gasteiger partial charge on any atom is -0.294 e. The fourth-order valence-electron chi connectivity index (χ4n) is 1.85. The number of hydrogen-bond acceptors (Lipinski definition) is 1. The topological polar surface area (TPSA) is 17.1 Å². The lowest BCUT2D eigenvalue weighted by Gasteiger charge is -2.03. The van der Waals surface area contributed by atoms with Crippen molar-refractivity contribution in [3.8, 4) is 0 Å². The smallest absolute Gasteiger partial charge is 0.167 e. The third-order valence-corrected chi connectivity index (χ3v) is 2.94. The highest BCUT2D eigenvalue weighted by atomic mass is 19.1. The van der Waals surface area contributed by atoms with E-state index < -0.39 is 0 Å². The van der Waals surface area contributed by atoms with Crippen molar-refractivity contribution in [1.82, 2.24) is 0 Å². The van der Waals surface area contributed by atoms with E-state index in [1.165, 1.54) is 12.1 Å². The molecule has 0 spiro atoms. The lowest BCUT2D eigenvalue weighted by atomic mass is 10.0. The molecule has 18 heavy (non-hydrogen) atoms. The number of Topliss-reactive ketones (excluding diaryl/α,β-unsaturated/α-hetero) is 1. The molecule has 2 heteroatoms. The highest BCUT2D eigenvalue weighted by molar-refractivity contribution is 5.97. The second kappa shape index (κ2) is 5.58. The van der Waals surface area contributed by atoms with Crippen molar-refractivity contribution < 1.29 is 9.18 Å². The van der Waals surface area contributed by atoms with Crippen LogP contribution >= 0.6 is 0 Å². The molecule has 0 N–H and O–H groups in total. The summed E-state index contributed by atoms with van der Waals surface area (Å²) in [6, 6.07) is 13.7. The molecule has 0 bridgehead atoms. The minimum atomic E-state index is -0.279. The Labute approximate surface area is 106 Å². The molecular weight excluding hydrogens is 227 g/mol. The van der Waals surface area contributed by atoms with Crippen molar-refractivity contribution in [2.24, 2.45) is 0 Å². The molecule has 0 aromatic heterocycles. The van der Waals surface area contributed by atoms with Gasteiger partial charge in [-0.15, -0.1) is 0 Å². The summed E-state index contributed by atoms with van der Waals surface area (Å²) in [6.07, 6.45) is 1.23. The summed E-state index contributed by atoms with van der Waals surface area (Å²) in [7, 11) is 0. The van der Waals surface area contributed by atoms with Crippen molar-refractivity contribution in [1.29, 1.82) is 0 Å². The first-order chi connectivity index (χ1) is 8.69. The average molecular weight is 242 g/mol. The van der Waals surface area contributed by atoms with Crippen LogP contribution in [0.4, 0.5) is 4.39 Å². The molecule has 0 saturated carbocycles. The van der Waals surface area contributed by atoms with Gasteiger partial charge in [-0.05, 0) is 35.7 Å². The molecule has 2 aromatic rings. The van der Waals surface area contributed by atoms with Crippen molar-refractivity contribution in [2.75, 3.05) is 0 Å². The van der Waals surface area contributed by atoms with E-state index in [0.717, 1.165) is 23.1 Å². The molecule has 0 aliphatic carbocycles. The van der Waals surface area contributed by atoms with Gasteiger partial charge in [0.05, 0.1) is 0 Å². The predicted octanol–water partition coefficient (Wildman–Crippen LogP) is 3.81. The van der Waals surface area contributed by atoms with Gasteiger partial charge in [0.2, 0.25) is 0 Å².